The van der Waals surface area contributed by atoms with E-state index in [0.717, 1.165) is 6.07 Å². The number of hydrogen-bond donors (Lipinski definition) is 0. The molecule has 0 bridgehead atoms. The molecule has 0 aliphatic rings. The second-order valence-electron chi connectivity index (χ2n) is 3.34. The molecular formula is C10H6ClF5O. The van der Waals surface area contributed by atoms with E-state index >= 15 is 0 Å². The smallest absolute Gasteiger partial charge is 0.287 e. The predicted molar refractivity (Wildman–Crippen MR) is 51.5 cm³/mol. The van der Waals surface area contributed by atoms with Gasteiger partial charge in [0.05, 0.1) is 5.02 Å². The molecule has 1 rings (SSSR count). The van der Waals surface area contributed by atoms with Crippen LogP contribution in [0, 0.1) is 6.92 Å². The van der Waals surface area contributed by atoms with Crippen molar-refractivity contribution in [1.82, 2.24) is 0 Å². The van der Waals surface area contributed by atoms with Crippen molar-refractivity contribution in [2.75, 3.05) is 0 Å². The van der Waals surface area contributed by atoms with E-state index in [2.05, 4.69) is 0 Å². The van der Waals surface area contributed by atoms with Gasteiger partial charge >= 0.3 is 12.1 Å². The van der Waals surface area contributed by atoms with Gasteiger partial charge in [0.15, 0.2) is 0 Å². The Morgan fingerprint density at radius 2 is 1.71 bits per heavy atom. The van der Waals surface area contributed by atoms with Crippen LogP contribution in [0.15, 0.2) is 18.2 Å². The molecule has 17 heavy (non-hydrogen) atoms. The molecule has 7 heteroatoms. The van der Waals surface area contributed by atoms with Crippen molar-refractivity contribution in [3.63, 3.8) is 0 Å². The Balaban J connectivity index is 3.27. The lowest BCUT2D eigenvalue weighted by Crippen LogP contribution is -2.44. The van der Waals surface area contributed by atoms with Crippen LogP contribution in [0.1, 0.15) is 15.9 Å². The summed E-state index contributed by atoms with van der Waals surface area (Å²) in [7, 11) is 0. The molecule has 0 aliphatic heterocycles. The first-order valence-electron chi connectivity index (χ1n) is 4.33. The van der Waals surface area contributed by atoms with Crippen molar-refractivity contribution in [3.05, 3.63) is 34.3 Å². The zero-order valence-corrected chi connectivity index (χ0v) is 9.16. The summed E-state index contributed by atoms with van der Waals surface area (Å²) >= 11 is 5.52. The highest BCUT2D eigenvalue weighted by Crippen LogP contribution is 2.39. The number of hydrogen-bond acceptors (Lipinski definition) is 1. The highest BCUT2D eigenvalue weighted by molar-refractivity contribution is 6.35. The Hall–Kier alpha value is -1.17. The minimum atomic E-state index is -5.93. The van der Waals surface area contributed by atoms with E-state index in [1.54, 1.807) is 0 Å². The minimum Gasteiger partial charge on any atom is -0.287 e. The Morgan fingerprint density at radius 3 is 2.18 bits per heavy atom. The maximum Gasteiger partial charge on any atom is 0.461 e. The second kappa shape index (κ2) is 4.25. The number of rotatable bonds is 2. The van der Waals surface area contributed by atoms with Gasteiger partial charge < -0.3 is 0 Å². The monoisotopic (exact) mass is 272 g/mol. The van der Waals surface area contributed by atoms with E-state index < -0.39 is 28.5 Å². The van der Waals surface area contributed by atoms with E-state index in [1.807, 2.05) is 0 Å². The SMILES string of the molecule is Cc1cccc(C(=O)C(F)(F)C(F)(F)F)c1Cl. The number of benzene rings is 1. The Bertz CT molecular complexity index is 452. The molecule has 0 saturated carbocycles. The third kappa shape index (κ3) is 2.41. The summed E-state index contributed by atoms with van der Waals surface area (Å²) in [4.78, 5) is 11.1. The molecule has 0 atom stereocenters. The maximum absolute atomic E-state index is 12.8. The summed E-state index contributed by atoms with van der Waals surface area (Å²) in [6, 6.07) is 3.41. The Kier molecular flexibility index (Phi) is 3.47. The topological polar surface area (TPSA) is 17.1 Å². The molecule has 0 amide bonds. The Labute approximate surface area is 98.2 Å². The molecule has 0 radical (unpaired) electrons. The summed E-state index contributed by atoms with van der Waals surface area (Å²) in [5.41, 5.74) is -0.593. The molecule has 0 aliphatic carbocycles. The fourth-order valence-corrected chi connectivity index (χ4v) is 1.33. The summed E-state index contributed by atoms with van der Waals surface area (Å²) in [5, 5.41) is -0.401. The van der Waals surface area contributed by atoms with Crippen LogP contribution in [0.4, 0.5) is 22.0 Å². The van der Waals surface area contributed by atoms with Gasteiger partial charge in [0.25, 0.3) is 0 Å². The van der Waals surface area contributed by atoms with Crippen LogP contribution in [0.5, 0.6) is 0 Å². The van der Waals surface area contributed by atoms with E-state index in [9.17, 15) is 26.7 Å². The van der Waals surface area contributed by atoms with E-state index in [-0.39, 0.29) is 5.56 Å². The predicted octanol–water partition coefficient (Wildman–Crippen LogP) is 4.03. The summed E-state index contributed by atoms with van der Waals surface area (Å²) in [6.07, 6.45) is -5.93. The molecule has 0 spiro atoms. The van der Waals surface area contributed by atoms with Gasteiger partial charge in [0.1, 0.15) is 0 Å². The van der Waals surface area contributed by atoms with Crippen molar-refractivity contribution >= 4 is 17.4 Å². The summed E-state index contributed by atoms with van der Waals surface area (Å²) in [6.45, 7) is 1.39. The number of ketones is 1. The van der Waals surface area contributed by atoms with Gasteiger partial charge in [0.2, 0.25) is 5.78 Å². The quantitative estimate of drug-likeness (QED) is 0.587. The Morgan fingerprint density at radius 1 is 1.18 bits per heavy atom. The van der Waals surface area contributed by atoms with Gasteiger partial charge in [-0.05, 0) is 18.6 Å². The molecule has 0 fully saturated rings. The average Bonchev–Trinajstić information content (AvgIpc) is 2.19. The van der Waals surface area contributed by atoms with Crippen molar-refractivity contribution in [2.24, 2.45) is 0 Å². The minimum absolute atomic E-state index is 0.246. The lowest BCUT2D eigenvalue weighted by molar-refractivity contribution is -0.255. The van der Waals surface area contributed by atoms with Crippen LogP contribution in [0.25, 0.3) is 0 Å². The van der Waals surface area contributed by atoms with E-state index in [1.165, 1.54) is 19.1 Å². The second-order valence-corrected chi connectivity index (χ2v) is 3.72. The van der Waals surface area contributed by atoms with Gasteiger partial charge in [-0.15, -0.1) is 0 Å². The molecule has 0 unspecified atom stereocenters. The van der Waals surface area contributed by atoms with Crippen molar-refractivity contribution in [2.45, 2.75) is 19.0 Å². The van der Waals surface area contributed by atoms with Gasteiger partial charge in [0, 0.05) is 5.56 Å². The summed E-state index contributed by atoms with van der Waals surface area (Å²) in [5.74, 6) is -7.79. The van der Waals surface area contributed by atoms with Crippen LogP contribution in [0.3, 0.4) is 0 Å². The van der Waals surface area contributed by atoms with Crippen molar-refractivity contribution in [3.8, 4) is 0 Å². The molecular weight excluding hydrogens is 267 g/mol. The number of halogens is 6. The fraction of sp³-hybridized carbons (Fsp3) is 0.300. The molecule has 94 valence electrons. The van der Waals surface area contributed by atoms with Crippen LogP contribution >= 0.6 is 11.6 Å². The lowest BCUT2D eigenvalue weighted by atomic mass is 10.0. The van der Waals surface area contributed by atoms with Gasteiger partial charge in [-0.1, -0.05) is 23.7 Å². The van der Waals surface area contributed by atoms with Crippen LogP contribution in [-0.2, 0) is 0 Å². The molecule has 1 nitrogen and oxygen atoms in total. The molecule has 0 N–H and O–H groups in total. The largest absolute Gasteiger partial charge is 0.461 e. The number of Topliss-reactive ketones (excluding diaryl/α,β-unsaturated/α-hetero) is 1. The molecule has 0 heterocycles. The van der Waals surface area contributed by atoms with Crippen LogP contribution < -0.4 is 0 Å². The van der Waals surface area contributed by atoms with Gasteiger partial charge in [-0.25, -0.2) is 0 Å². The normalized spacial score (nSPS) is 12.6. The number of carbonyl (C=O) groups excluding carboxylic acids is 1. The van der Waals surface area contributed by atoms with Crippen molar-refractivity contribution < 1.29 is 26.7 Å². The van der Waals surface area contributed by atoms with E-state index in [4.69, 9.17) is 11.6 Å². The third-order valence-corrected chi connectivity index (χ3v) is 2.58. The van der Waals surface area contributed by atoms with Crippen LogP contribution in [0.2, 0.25) is 5.02 Å². The molecule has 0 aromatic heterocycles. The van der Waals surface area contributed by atoms with Crippen molar-refractivity contribution in [1.29, 1.82) is 0 Å². The van der Waals surface area contributed by atoms with Crippen LogP contribution in [-0.4, -0.2) is 17.9 Å². The maximum atomic E-state index is 12.8. The fourth-order valence-electron chi connectivity index (χ4n) is 1.12. The number of aryl methyl sites for hydroxylation is 1. The zero-order valence-electron chi connectivity index (χ0n) is 8.41. The highest BCUT2D eigenvalue weighted by atomic mass is 35.5. The number of alkyl halides is 5. The molecule has 1 aromatic carbocycles. The van der Waals surface area contributed by atoms with E-state index in [0.29, 0.717) is 0 Å². The number of carbonyl (C=O) groups is 1. The first-order valence-corrected chi connectivity index (χ1v) is 4.71. The molecule has 1 aromatic rings. The zero-order chi connectivity index (χ0) is 13.4. The van der Waals surface area contributed by atoms with Gasteiger partial charge in [-0.3, -0.25) is 4.79 Å². The average molecular weight is 273 g/mol. The highest BCUT2D eigenvalue weighted by Gasteiger charge is 2.63. The summed E-state index contributed by atoms with van der Waals surface area (Å²) < 4.78 is 61.5. The first-order chi connectivity index (χ1) is 7.59. The van der Waals surface area contributed by atoms with Gasteiger partial charge in [-0.2, -0.15) is 22.0 Å². The third-order valence-electron chi connectivity index (χ3n) is 2.08. The molecule has 0 saturated heterocycles. The lowest BCUT2D eigenvalue weighted by Gasteiger charge is -2.18. The standard InChI is InChI=1S/C10H6ClF5O/c1-5-3-2-4-6(7(5)11)8(17)9(12,13)10(14,15)16/h2-4H,1H3. The first kappa shape index (κ1) is 13.9.